The van der Waals surface area contributed by atoms with Crippen molar-refractivity contribution in [1.82, 2.24) is 9.88 Å². The van der Waals surface area contributed by atoms with Crippen molar-refractivity contribution >= 4 is 28.6 Å². The monoisotopic (exact) mass is 346 g/mol. The maximum absolute atomic E-state index is 12.3. The largest absolute Gasteiger partial charge is 0.462 e. The van der Waals surface area contributed by atoms with Crippen LogP contribution in [-0.2, 0) is 9.47 Å². The maximum Gasteiger partial charge on any atom is 0.340 e. The zero-order chi connectivity index (χ0) is 16.8. The Hall–Kier alpha value is -1.63. The molecule has 5 nitrogen and oxygen atoms in total. The van der Waals surface area contributed by atoms with Crippen LogP contribution in [0.4, 0.5) is 0 Å². The zero-order valence-electron chi connectivity index (χ0n) is 13.9. The topological polar surface area (TPSA) is 51.7 Å². The fourth-order valence-corrected chi connectivity index (χ4v) is 3.66. The molecule has 0 saturated carbocycles. The number of hydrogen-bond donors (Lipinski definition) is 0. The number of benzene rings is 1. The molecule has 1 fully saturated rings. The predicted molar refractivity (Wildman–Crippen MR) is 95.7 cm³/mol. The molecule has 1 aliphatic heterocycles. The number of hydrogen-bond acceptors (Lipinski definition) is 6. The highest BCUT2D eigenvalue weighted by molar-refractivity contribution is 7.99. The average Bonchev–Trinajstić information content (AvgIpc) is 2.62. The van der Waals surface area contributed by atoms with Crippen molar-refractivity contribution in [1.29, 1.82) is 0 Å². The van der Waals surface area contributed by atoms with Crippen molar-refractivity contribution in [2.75, 3.05) is 45.2 Å². The molecule has 1 saturated heterocycles. The summed E-state index contributed by atoms with van der Waals surface area (Å²) in [5.41, 5.74) is 1.46. The minimum Gasteiger partial charge on any atom is -0.462 e. The van der Waals surface area contributed by atoms with Gasteiger partial charge in [-0.3, -0.25) is 4.90 Å². The van der Waals surface area contributed by atoms with Gasteiger partial charge < -0.3 is 9.47 Å². The zero-order valence-corrected chi connectivity index (χ0v) is 14.7. The van der Waals surface area contributed by atoms with Crippen LogP contribution in [0.15, 0.2) is 35.4 Å². The first-order valence-electron chi connectivity index (χ1n) is 8.27. The Morgan fingerprint density at radius 2 is 2.12 bits per heavy atom. The van der Waals surface area contributed by atoms with Gasteiger partial charge in [-0.15, -0.1) is 11.8 Å². The third kappa shape index (κ3) is 4.26. The lowest BCUT2D eigenvalue weighted by Crippen LogP contribution is -2.37. The Bertz CT molecular complexity index is 702. The van der Waals surface area contributed by atoms with Gasteiger partial charge >= 0.3 is 5.97 Å². The van der Waals surface area contributed by atoms with Crippen molar-refractivity contribution in [3.63, 3.8) is 0 Å². The molecule has 0 radical (unpaired) electrons. The number of ether oxygens (including phenoxy) is 2. The summed E-state index contributed by atoms with van der Waals surface area (Å²) in [6, 6.07) is 9.73. The van der Waals surface area contributed by atoms with Gasteiger partial charge in [-0.05, 0) is 19.1 Å². The Kier molecular flexibility index (Phi) is 6.07. The second-order valence-electron chi connectivity index (χ2n) is 5.56. The fourth-order valence-electron chi connectivity index (χ4n) is 2.66. The van der Waals surface area contributed by atoms with E-state index < -0.39 is 0 Å². The molecule has 0 amide bonds. The number of carbonyl (C=O) groups is 1. The van der Waals surface area contributed by atoms with E-state index in [0.717, 1.165) is 54.5 Å². The average molecular weight is 346 g/mol. The van der Waals surface area contributed by atoms with Crippen LogP contribution in [0.1, 0.15) is 17.3 Å². The lowest BCUT2D eigenvalue weighted by atomic mass is 10.1. The lowest BCUT2D eigenvalue weighted by molar-refractivity contribution is 0.0410. The quantitative estimate of drug-likeness (QED) is 0.592. The van der Waals surface area contributed by atoms with Crippen LogP contribution >= 0.6 is 11.8 Å². The number of aromatic nitrogens is 1. The first-order chi connectivity index (χ1) is 11.8. The molecule has 24 heavy (non-hydrogen) atoms. The molecule has 6 heteroatoms. The van der Waals surface area contributed by atoms with E-state index in [2.05, 4.69) is 9.88 Å². The Labute approximate surface area is 146 Å². The third-order valence-corrected chi connectivity index (χ3v) is 4.91. The molecule has 0 unspecified atom stereocenters. The van der Waals surface area contributed by atoms with Gasteiger partial charge in [0.15, 0.2) is 0 Å². The Morgan fingerprint density at radius 1 is 1.33 bits per heavy atom. The predicted octanol–water partition coefficient (Wildman–Crippen LogP) is 2.84. The molecule has 3 rings (SSSR count). The number of carbonyl (C=O) groups excluding carboxylic acids is 1. The summed E-state index contributed by atoms with van der Waals surface area (Å²) in [4.78, 5) is 19.3. The van der Waals surface area contributed by atoms with Crippen molar-refractivity contribution in [2.24, 2.45) is 0 Å². The van der Waals surface area contributed by atoms with E-state index in [4.69, 9.17) is 9.47 Å². The molecule has 2 aromatic rings. The summed E-state index contributed by atoms with van der Waals surface area (Å²) in [5.74, 6) is 0.585. The van der Waals surface area contributed by atoms with Crippen molar-refractivity contribution < 1.29 is 14.3 Å². The summed E-state index contributed by atoms with van der Waals surface area (Å²) in [5, 5.41) is 1.71. The van der Waals surface area contributed by atoms with E-state index >= 15 is 0 Å². The molecule has 2 heterocycles. The van der Waals surface area contributed by atoms with E-state index in [1.54, 1.807) is 11.8 Å². The first kappa shape index (κ1) is 17.2. The summed E-state index contributed by atoms with van der Waals surface area (Å²) in [7, 11) is 0. The van der Waals surface area contributed by atoms with Gasteiger partial charge in [-0.1, -0.05) is 18.2 Å². The van der Waals surface area contributed by atoms with Crippen molar-refractivity contribution in [2.45, 2.75) is 11.9 Å². The number of para-hydroxylation sites is 1. The van der Waals surface area contributed by atoms with E-state index in [0.29, 0.717) is 12.2 Å². The Balaban J connectivity index is 1.76. The van der Waals surface area contributed by atoms with Gasteiger partial charge in [0, 0.05) is 30.8 Å². The molecular formula is C18H22N2O3S. The number of nitrogens with zero attached hydrogens (tertiary/aromatic N) is 2. The van der Waals surface area contributed by atoms with E-state index in [1.165, 1.54) is 0 Å². The van der Waals surface area contributed by atoms with Gasteiger partial charge in [0.05, 0.1) is 30.9 Å². The third-order valence-electron chi connectivity index (χ3n) is 3.93. The summed E-state index contributed by atoms with van der Waals surface area (Å²) >= 11 is 1.62. The van der Waals surface area contributed by atoms with Crippen LogP contribution in [0.2, 0.25) is 0 Å². The van der Waals surface area contributed by atoms with Crippen LogP contribution < -0.4 is 0 Å². The van der Waals surface area contributed by atoms with Crippen LogP contribution in [-0.4, -0.2) is 61.1 Å². The molecule has 1 aromatic carbocycles. The van der Waals surface area contributed by atoms with Gasteiger partial charge in [-0.2, -0.15) is 0 Å². The van der Waals surface area contributed by atoms with Crippen LogP contribution in [0.5, 0.6) is 0 Å². The minimum atomic E-state index is -0.301. The molecule has 0 spiro atoms. The van der Waals surface area contributed by atoms with Crippen molar-refractivity contribution in [3.05, 3.63) is 35.9 Å². The highest BCUT2D eigenvalue weighted by Gasteiger charge is 2.17. The number of esters is 1. The second kappa shape index (κ2) is 8.46. The Morgan fingerprint density at radius 3 is 2.92 bits per heavy atom. The number of thioether (sulfide) groups is 1. The van der Waals surface area contributed by atoms with Gasteiger partial charge in [-0.25, -0.2) is 9.78 Å². The first-order valence-corrected chi connectivity index (χ1v) is 9.26. The summed E-state index contributed by atoms with van der Waals surface area (Å²) in [6.07, 6.45) is 0. The molecule has 0 aliphatic carbocycles. The molecule has 1 aliphatic rings. The number of pyridine rings is 1. The van der Waals surface area contributed by atoms with Crippen molar-refractivity contribution in [3.8, 4) is 0 Å². The summed E-state index contributed by atoms with van der Waals surface area (Å²) in [6.45, 7) is 6.68. The minimum absolute atomic E-state index is 0.301. The lowest BCUT2D eigenvalue weighted by Gasteiger charge is -2.26. The van der Waals surface area contributed by atoms with Gasteiger partial charge in [0.25, 0.3) is 0 Å². The fraction of sp³-hybridized carbons (Fsp3) is 0.444. The highest BCUT2D eigenvalue weighted by Crippen LogP contribution is 2.26. The van der Waals surface area contributed by atoms with Gasteiger partial charge in [0.2, 0.25) is 0 Å². The van der Waals surface area contributed by atoms with Crippen LogP contribution in [0.3, 0.4) is 0 Å². The van der Waals surface area contributed by atoms with Gasteiger partial charge in [0.1, 0.15) is 5.03 Å². The van der Waals surface area contributed by atoms with E-state index in [1.807, 2.05) is 37.3 Å². The second-order valence-corrected chi connectivity index (χ2v) is 6.64. The standard InChI is InChI=1S/C18H22N2O3S/c1-2-23-18(21)15-13-14-5-3-4-6-16(14)19-17(15)24-12-9-20-7-10-22-11-8-20/h3-6,13H,2,7-12H2,1H3. The van der Waals surface area contributed by atoms with E-state index in [-0.39, 0.29) is 5.97 Å². The molecular weight excluding hydrogens is 324 g/mol. The molecule has 1 aromatic heterocycles. The molecule has 0 atom stereocenters. The van der Waals surface area contributed by atoms with E-state index in [9.17, 15) is 4.79 Å². The molecule has 0 bridgehead atoms. The number of rotatable bonds is 6. The molecule has 0 N–H and O–H groups in total. The normalized spacial score (nSPS) is 15.5. The van der Waals surface area contributed by atoms with Crippen LogP contribution in [0, 0.1) is 0 Å². The summed E-state index contributed by atoms with van der Waals surface area (Å²) < 4.78 is 10.6. The number of morpholine rings is 1. The maximum atomic E-state index is 12.3. The smallest absolute Gasteiger partial charge is 0.340 e. The van der Waals surface area contributed by atoms with Crippen LogP contribution in [0.25, 0.3) is 10.9 Å². The molecule has 128 valence electrons. The SMILES string of the molecule is CCOC(=O)c1cc2ccccc2nc1SCCN1CCOCC1. The number of fused-ring (bicyclic) bond motifs is 1. The highest BCUT2D eigenvalue weighted by atomic mass is 32.2.